The molecule has 1 amide bonds. The Kier molecular flexibility index (Phi) is 4.89. The van der Waals surface area contributed by atoms with Gasteiger partial charge < -0.3 is 5.32 Å². The zero-order chi connectivity index (χ0) is 17.0. The summed E-state index contributed by atoms with van der Waals surface area (Å²) >= 11 is 0. The number of nitrogens with one attached hydrogen (secondary N) is 1. The summed E-state index contributed by atoms with van der Waals surface area (Å²) in [6, 6.07) is 9.33. The number of hydrogen-bond donors (Lipinski definition) is 1. The van der Waals surface area contributed by atoms with Crippen molar-refractivity contribution in [1.29, 1.82) is 0 Å². The van der Waals surface area contributed by atoms with Crippen LogP contribution in [0.4, 0.5) is 4.39 Å². The summed E-state index contributed by atoms with van der Waals surface area (Å²) in [6.07, 6.45) is 1.41. The first-order valence-corrected chi connectivity index (χ1v) is 7.31. The highest BCUT2D eigenvalue weighted by atomic mass is 19.1. The smallest absolute Gasteiger partial charge is 0.253 e. The first-order chi connectivity index (χ1) is 10.8. The monoisotopic (exact) mass is 314 g/mol. The Balaban J connectivity index is 2.05. The van der Waals surface area contributed by atoms with Gasteiger partial charge in [0, 0.05) is 17.2 Å². The molecule has 0 fully saturated rings. The van der Waals surface area contributed by atoms with Crippen molar-refractivity contribution in [3.8, 4) is 11.3 Å². The van der Waals surface area contributed by atoms with E-state index in [4.69, 9.17) is 0 Å². The minimum atomic E-state index is -0.493. The quantitative estimate of drug-likeness (QED) is 0.942. The van der Waals surface area contributed by atoms with Crippen LogP contribution in [-0.4, -0.2) is 23.2 Å². The number of pyridine rings is 1. The van der Waals surface area contributed by atoms with Crippen LogP contribution in [0, 0.1) is 11.2 Å². The van der Waals surface area contributed by atoms with Gasteiger partial charge in [-0.3, -0.25) is 14.6 Å². The molecule has 0 aliphatic carbocycles. The SMILES string of the molecule is CC(C)(C)C(=O)CNC(=O)c1ccc(-c2cccc(F)c2)nc1. The molecule has 1 N–H and O–H groups in total. The van der Waals surface area contributed by atoms with E-state index in [1.54, 1.807) is 45.0 Å². The molecule has 5 heteroatoms. The highest BCUT2D eigenvalue weighted by Gasteiger charge is 2.21. The lowest BCUT2D eigenvalue weighted by Gasteiger charge is -2.16. The highest BCUT2D eigenvalue weighted by molar-refractivity contribution is 5.97. The number of nitrogens with zero attached hydrogens (tertiary/aromatic N) is 1. The summed E-state index contributed by atoms with van der Waals surface area (Å²) in [5.74, 6) is -0.747. The molecular weight excluding hydrogens is 295 g/mol. The molecule has 23 heavy (non-hydrogen) atoms. The summed E-state index contributed by atoms with van der Waals surface area (Å²) in [5, 5.41) is 2.59. The predicted octanol–water partition coefficient (Wildman–Crippen LogP) is 3.23. The van der Waals surface area contributed by atoms with Crippen LogP contribution in [0.3, 0.4) is 0 Å². The zero-order valence-electron chi connectivity index (χ0n) is 13.4. The lowest BCUT2D eigenvalue weighted by molar-refractivity contribution is -0.125. The van der Waals surface area contributed by atoms with Gasteiger partial charge in [-0.2, -0.15) is 0 Å². The Morgan fingerprint density at radius 3 is 2.48 bits per heavy atom. The second kappa shape index (κ2) is 6.69. The average Bonchev–Trinajstić information content (AvgIpc) is 2.51. The van der Waals surface area contributed by atoms with Crippen molar-refractivity contribution in [3.63, 3.8) is 0 Å². The van der Waals surface area contributed by atoms with Crippen LogP contribution in [-0.2, 0) is 4.79 Å². The summed E-state index contributed by atoms with van der Waals surface area (Å²) in [7, 11) is 0. The number of halogens is 1. The van der Waals surface area contributed by atoms with E-state index in [2.05, 4.69) is 10.3 Å². The van der Waals surface area contributed by atoms with E-state index in [-0.39, 0.29) is 24.1 Å². The summed E-state index contributed by atoms with van der Waals surface area (Å²) in [6.45, 7) is 5.39. The Morgan fingerprint density at radius 2 is 1.91 bits per heavy atom. The molecule has 4 nitrogen and oxygen atoms in total. The van der Waals surface area contributed by atoms with E-state index >= 15 is 0 Å². The molecule has 2 aromatic rings. The molecule has 1 aromatic heterocycles. The Morgan fingerprint density at radius 1 is 1.17 bits per heavy atom. The number of carbonyl (C=O) groups excluding carboxylic acids is 2. The number of rotatable bonds is 4. The maximum absolute atomic E-state index is 13.2. The van der Waals surface area contributed by atoms with Gasteiger partial charge in [-0.15, -0.1) is 0 Å². The molecule has 0 atom stereocenters. The molecule has 120 valence electrons. The van der Waals surface area contributed by atoms with Gasteiger partial charge in [0.15, 0.2) is 5.78 Å². The van der Waals surface area contributed by atoms with Crippen LogP contribution in [0.1, 0.15) is 31.1 Å². The molecule has 2 rings (SSSR count). The van der Waals surface area contributed by atoms with Gasteiger partial charge >= 0.3 is 0 Å². The Hall–Kier alpha value is -2.56. The van der Waals surface area contributed by atoms with Crippen molar-refractivity contribution in [2.75, 3.05) is 6.54 Å². The van der Waals surface area contributed by atoms with E-state index < -0.39 is 5.41 Å². The molecule has 0 bridgehead atoms. The standard InChI is InChI=1S/C18H19FN2O2/c1-18(2,3)16(22)11-21-17(23)13-7-8-15(20-10-13)12-5-4-6-14(19)9-12/h4-10H,11H2,1-3H3,(H,21,23). The van der Waals surface area contributed by atoms with Crippen molar-refractivity contribution in [3.05, 3.63) is 54.0 Å². The van der Waals surface area contributed by atoms with Crippen LogP contribution in [0.5, 0.6) is 0 Å². The number of carbonyl (C=O) groups is 2. The van der Waals surface area contributed by atoms with E-state index in [0.717, 1.165) is 0 Å². The maximum atomic E-state index is 13.2. The molecule has 0 aliphatic heterocycles. The predicted molar refractivity (Wildman–Crippen MR) is 86.4 cm³/mol. The van der Waals surface area contributed by atoms with E-state index in [1.165, 1.54) is 18.3 Å². The van der Waals surface area contributed by atoms with Crippen LogP contribution >= 0.6 is 0 Å². The first-order valence-electron chi connectivity index (χ1n) is 7.31. The number of ketones is 1. The van der Waals surface area contributed by atoms with Crippen LogP contribution in [0.15, 0.2) is 42.6 Å². The highest BCUT2D eigenvalue weighted by Crippen LogP contribution is 2.18. The third-order valence-corrected chi connectivity index (χ3v) is 3.39. The van der Waals surface area contributed by atoms with Crippen LogP contribution in [0.25, 0.3) is 11.3 Å². The minimum Gasteiger partial charge on any atom is -0.345 e. The van der Waals surface area contributed by atoms with E-state index in [0.29, 0.717) is 16.8 Å². The second-order valence-electron chi connectivity index (χ2n) is 6.30. The number of amides is 1. The molecule has 0 radical (unpaired) electrons. The second-order valence-corrected chi connectivity index (χ2v) is 6.30. The van der Waals surface area contributed by atoms with E-state index in [1.807, 2.05) is 0 Å². The molecule has 0 unspecified atom stereocenters. The van der Waals surface area contributed by atoms with Gasteiger partial charge in [0.05, 0.1) is 17.8 Å². The Bertz CT molecular complexity index is 719. The summed E-state index contributed by atoms with van der Waals surface area (Å²) in [5.41, 5.74) is 1.07. The maximum Gasteiger partial charge on any atom is 0.253 e. The molecule has 1 aromatic carbocycles. The number of benzene rings is 1. The summed E-state index contributed by atoms with van der Waals surface area (Å²) in [4.78, 5) is 28.0. The topological polar surface area (TPSA) is 59.1 Å². The van der Waals surface area contributed by atoms with E-state index in [9.17, 15) is 14.0 Å². The fourth-order valence-corrected chi connectivity index (χ4v) is 1.87. The molecule has 1 heterocycles. The van der Waals surface area contributed by atoms with Crippen molar-refractivity contribution in [1.82, 2.24) is 10.3 Å². The van der Waals surface area contributed by atoms with Crippen molar-refractivity contribution in [2.45, 2.75) is 20.8 Å². The number of aromatic nitrogens is 1. The molecular formula is C18H19FN2O2. The van der Waals surface area contributed by atoms with Crippen molar-refractivity contribution >= 4 is 11.7 Å². The van der Waals surface area contributed by atoms with Crippen LogP contribution < -0.4 is 5.32 Å². The van der Waals surface area contributed by atoms with Gasteiger partial charge in [0.25, 0.3) is 5.91 Å². The molecule has 0 saturated heterocycles. The molecule has 0 saturated carbocycles. The number of hydrogen-bond acceptors (Lipinski definition) is 3. The van der Waals surface area contributed by atoms with Gasteiger partial charge in [-0.05, 0) is 24.3 Å². The molecule has 0 aliphatic rings. The first kappa shape index (κ1) is 16.8. The zero-order valence-corrected chi connectivity index (χ0v) is 13.4. The average molecular weight is 314 g/mol. The van der Waals surface area contributed by atoms with Crippen LogP contribution in [0.2, 0.25) is 0 Å². The summed E-state index contributed by atoms with van der Waals surface area (Å²) < 4.78 is 13.2. The third-order valence-electron chi connectivity index (χ3n) is 3.39. The number of Topliss-reactive ketones (excluding diaryl/α,β-unsaturated/α-hetero) is 1. The minimum absolute atomic E-state index is 0.0199. The Labute approximate surface area is 134 Å². The third kappa shape index (κ3) is 4.45. The van der Waals surface area contributed by atoms with Gasteiger partial charge in [0.1, 0.15) is 5.82 Å². The van der Waals surface area contributed by atoms with Gasteiger partial charge in [0.2, 0.25) is 0 Å². The fraction of sp³-hybridized carbons (Fsp3) is 0.278. The van der Waals surface area contributed by atoms with Crippen molar-refractivity contribution < 1.29 is 14.0 Å². The lowest BCUT2D eigenvalue weighted by Crippen LogP contribution is -2.35. The van der Waals surface area contributed by atoms with Gasteiger partial charge in [-0.25, -0.2) is 4.39 Å². The normalized spacial score (nSPS) is 11.1. The fourth-order valence-electron chi connectivity index (χ4n) is 1.87. The largest absolute Gasteiger partial charge is 0.345 e. The van der Waals surface area contributed by atoms with Gasteiger partial charge in [-0.1, -0.05) is 32.9 Å². The van der Waals surface area contributed by atoms with Crippen molar-refractivity contribution in [2.24, 2.45) is 5.41 Å². The lowest BCUT2D eigenvalue weighted by atomic mass is 9.91. The molecule has 0 spiro atoms.